The Labute approximate surface area is 101 Å². The molecule has 0 atom stereocenters. The van der Waals surface area contributed by atoms with Gasteiger partial charge in [-0.3, -0.25) is 0 Å². The first-order valence-electron chi connectivity index (χ1n) is 5.12. The standard InChI is InChI=1S/C8H16N2O2S3/c13-15(14,9-1-5-11-6-2-9)10-3-7-12-8-4-10/h1-8H2. The molecule has 0 aliphatic carbocycles. The first-order valence-corrected chi connectivity index (χ1v) is 8.52. The van der Waals surface area contributed by atoms with Gasteiger partial charge in [-0.1, -0.05) is 0 Å². The fraction of sp³-hybridized carbons (Fsp3) is 1.00. The van der Waals surface area contributed by atoms with E-state index in [9.17, 15) is 0 Å². The van der Waals surface area contributed by atoms with E-state index in [0.717, 1.165) is 52.6 Å². The Kier molecular flexibility index (Phi) is 4.28. The molecule has 2 rings (SSSR count). The van der Waals surface area contributed by atoms with Crippen molar-refractivity contribution in [3.8, 4) is 0 Å². The third kappa shape index (κ3) is 2.85. The van der Waals surface area contributed by atoms with E-state index in [-0.39, 0.29) is 0 Å². The highest BCUT2D eigenvalue weighted by atomic mass is 33.1. The quantitative estimate of drug-likeness (QED) is 0.673. The molecule has 0 radical (unpaired) electrons. The maximum atomic E-state index is 5.62. The van der Waals surface area contributed by atoms with Crippen LogP contribution in [0.1, 0.15) is 0 Å². The summed E-state index contributed by atoms with van der Waals surface area (Å²) >= 11 is 11.2. The minimum Gasteiger partial charge on any atom is -0.379 e. The zero-order valence-electron chi connectivity index (χ0n) is 8.59. The number of hydrogen-bond donors (Lipinski definition) is 0. The fourth-order valence-electron chi connectivity index (χ4n) is 1.72. The Balaban J connectivity index is 2.03. The van der Waals surface area contributed by atoms with Gasteiger partial charge in [-0.25, -0.2) is 8.61 Å². The lowest BCUT2D eigenvalue weighted by Crippen LogP contribution is -2.50. The largest absolute Gasteiger partial charge is 0.379 e. The molecule has 7 heteroatoms. The van der Waals surface area contributed by atoms with Crippen molar-refractivity contribution >= 4 is 29.9 Å². The lowest BCUT2D eigenvalue weighted by Gasteiger charge is -2.38. The predicted octanol–water partition coefficient (Wildman–Crippen LogP) is -0.441. The molecule has 2 aliphatic heterocycles. The van der Waals surface area contributed by atoms with Gasteiger partial charge in [0, 0.05) is 33.7 Å². The number of ether oxygens (including phenoxy) is 2. The van der Waals surface area contributed by atoms with Crippen molar-refractivity contribution in [3.63, 3.8) is 0 Å². The minimum absolute atomic E-state index is 0.756. The molecule has 0 N–H and O–H groups in total. The Bertz CT molecular complexity index is 271. The summed E-state index contributed by atoms with van der Waals surface area (Å²) in [4.78, 5) is 0. The molecule has 0 spiro atoms. The summed E-state index contributed by atoms with van der Waals surface area (Å²) in [6, 6.07) is 0. The summed E-state index contributed by atoms with van der Waals surface area (Å²) in [6.45, 7) is 6.52. The van der Waals surface area contributed by atoms with Crippen LogP contribution >= 0.6 is 0 Å². The molecule has 0 aromatic rings. The van der Waals surface area contributed by atoms with E-state index in [0.29, 0.717) is 0 Å². The molecule has 0 aromatic heterocycles. The van der Waals surface area contributed by atoms with Crippen LogP contribution in [0.25, 0.3) is 0 Å². The number of hydrogen-bond acceptors (Lipinski definition) is 4. The number of rotatable bonds is 2. The number of morpholine rings is 2. The van der Waals surface area contributed by atoms with Crippen molar-refractivity contribution in [2.75, 3.05) is 52.6 Å². The van der Waals surface area contributed by atoms with Gasteiger partial charge in [-0.2, -0.15) is 0 Å². The van der Waals surface area contributed by atoms with Gasteiger partial charge < -0.3 is 9.47 Å². The highest BCUT2D eigenvalue weighted by Gasteiger charge is 2.25. The van der Waals surface area contributed by atoms with Gasteiger partial charge in [0.15, 0.2) is 0 Å². The van der Waals surface area contributed by atoms with Crippen molar-refractivity contribution < 1.29 is 9.47 Å². The summed E-state index contributed by atoms with van der Waals surface area (Å²) in [5.74, 6) is 0. The topological polar surface area (TPSA) is 24.9 Å². The highest BCUT2D eigenvalue weighted by Crippen LogP contribution is 2.13. The molecule has 2 heterocycles. The van der Waals surface area contributed by atoms with Gasteiger partial charge in [0.05, 0.1) is 26.4 Å². The molecule has 15 heavy (non-hydrogen) atoms. The SMILES string of the molecule is S=S(=S)(N1CCOCC1)N1CCOCC1. The van der Waals surface area contributed by atoms with Gasteiger partial charge >= 0.3 is 0 Å². The third-order valence-electron chi connectivity index (χ3n) is 2.59. The third-order valence-corrected chi connectivity index (χ3v) is 7.16. The molecule has 0 bridgehead atoms. The van der Waals surface area contributed by atoms with E-state index in [1.54, 1.807) is 0 Å². The summed E-state index contributed by atoms with van der Waals surface area (Å²) in [7, 11) is -1.61. The van der Waals surface area contributed by atoms with E-state index >= 15 is 0 Å². The van der Waals surface area contributed by atoms with E-state index in [2.05, 4.69) is 8.61 Å². The predicted molar refractivity (Wildman–Crippen MR) is 66.9 cm³/mol. The van der Waals surface area contributed by atoms with Crippen molar-refractivity contribution in [2.24, 2.45) is 0 Å². The van der Waals surface area contributed by atoms with Crippen LogP contribution in [0.2, 0.25) is 0 Å². The Hall–Kier alpha value is 0.630. The first-order chi connectivity index (χ1) is 7.21. The molecule has 2 saturated heterocycles. The minimum atomic E-state index is -1.61. The molecule has 0 unspecified atom stereocenters. The molecule has 88 valence electrons. The van der Waals surface area contributed by atoms with E-state index in [1.165, 1.54) is 0 Å². The molecule has 0 amide bonds. The van der Waals surface area contributed by atoms with Crippen LogP contribution in [0.5, 0.6) is 0 Å². The van der Waals surface area contributed by atoms with Crippen LogP contribution in [0.4, 0.5) is 0 Å². The van der Waals surface area contributed by atoms with Gasteiger partial charge in [0.25, 0.3) is 0 Å². The van der Waals surface area contributed by atoms with Crippen LogP contribution < -0.4 is 0 Å². The first kappa shape index (κ1) is 12.1. The van der Waals surface area contributed by atoms with E-state index in [4.69, 9.17) is 31.8 Å². The van der Waals surface area contributed by atoms with Gasteiger partial charge in [-0.05, 0) is 22.4 Å². The molecule has 2 fully saturated rings. The zero-order valence-corrected chi connectivity index (χ0v) is 11.0. The fourth-order valence-corrected chi connectivity index (χ4v) is 5.05. The average molecular weight is 268 g/mol. The molecular formula is C8H16N2O2S3. The maximum absolute atomic E-state index is 5.62. The molecule has 0 aromatic carbocycles. The molecule has 2 aliphatic rings. The second-order valence-electron chi connectivity index (χ2n) is 3.53. The van der Waals surface area contributed by atoms with Gasteiger partial charge in [0.2, 0.25) is 0 Å². The highest BCUT2D eigenvalue weighted by molar-refractivity contribution is 8.54. The summed E-state index contributed by atoms with van der Waals surface area (Å²) in [5, 5.41) is 0. The summed E-state index contributed by atoms with van der Waals surface area (Å²) in [5.41, 5.74) is 0. The molecular weight excluding hydrogens is 252 g/mol. The summed E-state index contributed by atoms with van der Waals surface area (Å²) in [6.07, 6.45) is 0. The van der Waals surface area contributed by atoms with Crippen molar-refractivity contribution in [1.29, 1.82) is 0 Å². The second kappa shape index (κ2) is 5.31. The van der Waals surface area contributed by atoms with Crippen molar-refractivity contribution in [2.45, 2.75) is 0 Å². The molecule has 4 nitrogen and oxygen atoms in total. The van der Waals surface area contributed by atoms with Gasteiger partial charge in [-0.15, -0.1) is 0 Å². The van der Waals surface area contributed by atoms with Crippen LogP contribution in [0.3, 0.4) is 0 Å². The maximum Gasteiger partial charge on any atom is 0.0604 e. The zero-order chi connectivity index (χ0) is 10.7. The van der Waals surface area contributed by atoms with E-state index in [1.807, 2.05) is 0 Å². The second-order valence-corrected chi connectivity index (χ2v) is 8.88. The Morgan fingerprint density at radius 3 is 1.40 bits per heavy atom. The van der Waals surface area contributed by atoms with Crippen LogP contribution in [0.15, 0.2) is 0 Å². The lowest BCUT2D eigenvalue weighted by atomic mass is 10.5. The van der Waals surface area contributed by atoms with Crippen molar-refractivity contribution in [3.05, 3.63) is 0 Å². The molecule has 0 saturated carbocycles. The Morgan fingerprint density at radius 2 is 1.07 bits per heavy atom. The normalized spacial score (nSPS) is 26.7. The van der Waals surface area contributed by atoms with Gasteiger partial charge in [0.1, 0.15) is 0 Å². The van der Waals surface area contributed by atoms with Crippen LogP contribution in [-0.2, 0) is 39.4 Å². The monoisotopic (exact) mass is 268 g/mol. The average Bonchev–Trinajstić information content (AvgIpc) is 2.31. The summed E-state index contributed by atoms with van der Waals surface area (Å²) < 4.78 is 15.1. The van der Waals surface area contributed by atoms with Crippen molar-refractivity contribution in [1.82, 2.24) is 8.61 Å². The van der Waals surface area contributed by atoms with Crippen LogP contribution in [0, 0.1) is 0 Å². The Morgan fingerprint density at radius 1 is 0.733 bits per heavy atom. The lowest BCUT2D eigenvalue weighted by molar-refractivity contribution is 0.0625. The smallest absolute Gasteiger partial charge is 0.0604 e. The van der Waals surface area contributed by atoms with E-state index < -0.39 is 7.52 Å². The van der Waals surface area contributed by atoms with Crippen LogP contribution in [-0.4, -0.2) is 61.2 Å². The number of nitrogens with zero attached hydrogens (tertiary/aromatic N) is 2.